The number of hydrogen-bond acceptors (Lipinski definition) is 3. The summed E-state index contributed by atoms with van der Waals surface area (Å²) in [5, 5.41) is 9.11. The molecule has 2 rings (SSSR count). The monoisotopic (exact) mass is 288 g/mol. The molecule has 0 aromatic carbocycles. The molecule has 2 atom stereocenters. The largest absolute Gasteiger partial charge is 0.314 e. The molecule has 1 aliphatic heterocycles. The van der Waals surface area contributed by atoms with Crippen LogP contribution in [0.3, 0.4) is 0 Å². The molecule has 15 heavy (non-hydrogen) atoms. The molecule has 0 amide bonds. The van der Waals surface area contributed by atoms with Gasteiger partial charge >= 0.3 is 0 Å². The first kappa shape index (κ1) is 11.6. The zero-order valence-electron chi connectivity index (χ0n) is 8.92. The summed E-state index contributed by atoms with van der Waals surface area (Å²) in [5.74, 6) is 0. The molecule has 1 aromatic heterocycles. The maximum Gasteiger partial charge on any atom is 0.0427 e. The maximum atomic E-state index is 3.55. The standard InChI is InChI=1S/C11H17BrN2S/c1-13-10(6-9-3-2-4-14-9)11-5-8(12)7-15-11/h5,7,9-10,13-14H,2-4,6H2,1H3. The molecule has 4 heteroatoms. The predicted octanol–water partition coefficient (Wildman–Crippen LogP) is 2.91. The lowest BCUT2D eigenvalue weighted by Crippen LogP contribution is -2.28. The van der Waals surface area contributed by atoms with Gasteiger partial charge in [0.2, 0.25) is 0 Å². The molecule has 0 radical (unpaired) electrons. The van der Waals surface area contributed by atoms with Crippen LogP contribution < -0.4 is 10.6 Å². The smallest absolute Gasteiger partial charge is 0.0427 e. The van der Waals surface area contributed by atoms with E-state index in [9.17, 15) is 0 Å². The van der Waals surface area contributed by atoms with Crippen molar-refractivity contribution in [1.29, 1.82) is 0 Å². The van der Waals surface area contributed by atoms with Crippen LogP contribution in [0.15, 0.2) is 15.9 Å². The van der Waals surface area contributed by atoms with Crippen molar-refractivity contribution in [1.82, 2.24) is 10.6 Å². The van der Waals surface area contributed by atoms with E-state index >= 15 is 0 Å². The van der Waals surface area contributed by atoms with E-state index in [1.54, 1.807) is 0 Å². The molecule has 1 fully saturated rings. The Bertz CT molecular complexity index is 307. The summed E-state index contributed by atoms with van der Waals surface area (Å²) in [6.07, 6.45) is 3.85. The fraction of sp³-hybridized carbons (Fsp3) is 0.636. The molecule has 2 nitrogen and oxygen atoms in total. The van der Waals surface area contributed by atoms with E-state index in [0.717, 1.165) is 0 Å². The number of rotatable bonds is 4. The number of nitrogens with one attached hydrogen (secondary N) is 2. The molecule has 0 saturated carbocycles. The van der Waals surface area contributed by atoms with Crippen molar-refractivity contribution in [2.24, 2.45) is 0 Å². The number of hydrogen-bond donors (Lipinski definition) is 2. The first-order chi connectivity index (χ1) is 7.29. The summed E-state index contributed by atoms with van der Waals surface area (Å²) in [5.41, 5.74) is 0. The Balaban J connectivity index is 1.97. The lowest BCUT2D eigenvalue weighted by molar-refractivity contribution is 0.458. The minimum Gasteiger partial charge on any atom is -0.314 e. The van der Waals surface area contributed by atoms with Crippen molar-refractivity contribution < 1.29 is 0 Å². The Labute approximate surface area is 104 Å². The molecule has 1 aromatic rings. The molecule has 0 bridgehead atoms. The van der Waals surface area contributed by atoms with E-state index in [1.165, 1.54) is 35.2 Å². The van der Waals surface area contributed by atoms with Crippen LogP contribution in [-0.2, 0) is 0 Å². The SMILES string of the molecule is CNC(CC1CCCN1)c1cc(Br)cs1. The summed E-state index contributed by atoms with van der Waals surface area (Å²) in [4.78, 5) is 1.43. The quantitative estimate of drug-likeness (QED) is 0.890. The number of halogens is 1. The fourth-order valence-electron chi connectivity index (χ4n) is 2.13. The summed E-state index contributed by atoms with van der Waals surface area (Å²) in [7, 11) is 2.05. The van der Waals surface area contributed by atoms with Crippen molar-refractivity contribution in [2.75, 3.05) is 13.6 Å². The van der Waals surface area contributed by atoms with E-state index in [1.807, 2.05) is 18.4 Å². The van der Waals surface area contributed by atoms with Gasteiger partial charge in [-0.3, -0.25) is 0 Å². The van der Waals surface area contributed by atoms with Gasteiger partial charge in [0.05, 0.1) is 0 Å². The van der Waals surface area contributed by atoms with Crippen molar-refractivity contribution in [3.05, 3.63) is 20.8 Å². The number of thiophene rings is 1. The zero-order valence-corrected chi connectivity index (χ0v) is 11.3. The Morgan fingerprint density at radius 2 is 2.60 bits per heavy atom. The van der Waals surface area contributed by atoms with Crippen molar-refractivity contribution in [3.8, 4) is 0 Å². The van der Waals surface area contributed by atoms with Crippen molar-refractivity contribution in [3.63, 3.8) is 0 Å². The van der Waals surface area contributed by atoms with Crippen LogP contribution in [0.4, 0.5) is 0 Å². The van der Waals surface area contributed by atoms with Gasteiger partial charge in [0.25, 0.3) is 0 Å². The molecule has 0 aliphatic carbocycles. The second-order valence-corrected chi connectivity index (χ2v) is 5.90. The van der Waals surface area contributed by atoms with E-state index < -0.39 is 0 Å². The highest BCUT2D eigenvalue weighted by Crippen LogP contribution is 2.29. The maximum absolute atomic E-state index is 3.55. The molecular weight excluding hydrogens is 272 g/mol. The van der Waals surface area contributed by atoms with Gasteiger partial charge in [-0.05, 0) is 54.9 Å². The lowest BCUT2D eigenvalue weighted by Gasteiger charge is -2.19. The average Bonchev–Trinajstić information content (AvgIpc) is 2.85. The van der Waals surface area contributed by atoms with Gasteiger partial charge < -0.3 is 10.6 Å². The Morgan fingerprint density at radius 1 is 1.73 bits per heavy atom. The Kier molecular flexibility index (Phi) is 4.20. The van der Waals surface area contributed by atoms with Gasteiger partial charge in [-0.15, -0.1) is 11.3 Å². The fourth-order valence-corrected chi connectivity index (χ4v) is 3.70. The summed E-state index contributed by atoms with van der Waals surface area (Å²) in [6, 6.07) is 3.42. The van der Waals surface area contributed by atoms with E-state index in [4.69, 9.17) is 0 Å². The van der Waals surface area contributed by atoms with Crippen LogP contribution in [0.5, 0.6) is 0 Å². The topological polar surface area (TPSA) is 24.1 Å². The van der Waals surface area contributed by atoms with Gasteiger partial charge in [-0.1, -0.05) is 0 Å². The Morgan fingerprint density at radius 3 is 3.13 bits per heavy atom. The molecular formula is C11H17BrN2S. The second-order valence-electron chi connectivity index (χ2n) is 4.04. The third-order valence-electron chi connectivity index (χ3n) is 2.96. The molecule has 0 spiro atoms. The van der Waals surface area contributed by atoms with Crippen molar-refractivity contribution in [2.45, 2.75) is 31.3 Å². The average molecular weight is 289 g/mol. The molecule has 2 unspecified atom stereocenters. The van der Waals surface area contributed by atoms with Gasteiger partial charge in [-0.25, -0.2) is 0 Å². The first-order valence-electron chi connectivity index (χ1n) is 5.44. The van der Waals surface area contributed by atoms with Crippen molar-refractivity contribution >= 4 is 27.3 Å². The van der Waals surface area contributed by atoms with Gasteiger partial charge in [0, 0.05) is 26.8 Å². The van der Waals surface area contributed by atoms with Gasteiger partial charge in [-0.2, -0.15) is 0 Å². The third kappa shape index (κ3) is 3.03. The molecule has 2 N–H and O–H groups in total. The highest BCUT2D eigenvalue weighted by atomic mass is 79.9. The van der Waals surface area contributed by atoms with Crippen LogP contribution in [0.2, 0.25) is 0 Å². The second kappa shape index (κ2) is 5.43. The predicted molar refractivity (Wildman–Crippen MR) is 69.5 cm³/mol. The molecule has 1 aliphatic rings. The van der Waals surface area contributed by atoms with Crippen LogP contribution in [0.1, 0.15) is 30.2 Å². The minimum atomic E-state index is 0.497. The van der Waals surface area contributed by atoms with E-state index in [2.05, 4.69) is 38.0 Å². The normalized spacial score (nSPS) is 23.2. The molecule has 84 valence electrons. The van der Waals surface area contributed by atoms with Crippen LogP contribution in [0.25, 0.3) is 0 Å². The highest BCUT2D eigenvalue weighted by molar-refractivity contribution is 9.10. The van der Waals surface area contributed by atoms with Crippen LogP contribution >= 0.6 is 27.3 Å². The minimum absolute atomic E-state index is 0.497. The van der Waals surface area contributed by atoms with Crippen LogP contribution in [-0.4, -0.2) is 19.6 Å². The summed E-state index contributed by atoms with van der Waals surface area (Å²) < 4.78 is 1.20. The zero-order chi connectivity index (χ0) is 10.7. The van der Waals surface area contributed by atoms with E-state index in [0.29, 0.717) is 12.1 Å². The lowest BCUT2D eigenvalue weighted by atomic mass is 10.0. The Hall–Kier alpha value is 0.1000. The van der Waals surface area contributed by atoms with Gasteiger partial charge in [0.1, 0.15) is 0 Å². The molecule has 1 saturated heterocycles. The summed E-state index contributed by atoms with van der Waals surface area (Å²) >= 11 is 5.34. The van der Waals surface area contributed by atoms with E-state index in [-0.39, 0.29) is 0 Å². The third-order valence-corrected chi connectivity index (χ3v) is 4.77. The highest BCUT2D eigenvalue weighted by Gasteiger charge is 2.20. The van der Waals surface area contributed by atoms with Crippen LogP contribution in [0, 0.1) is 0 Å². The van der Waals surface area contributed by atoms with Gasteiger partial charge in [0.15, 0.2) is 0 Å². The summed E-state index contributed by atoms with van der Waals surface area (Å²) in [6.45, 7) is 1.19. The first-order valence-corrected chi connectivity index (χ1v) is 7.11. The molecule has 2 heterocycles.